The zero-order valence-electron chi connectivity index (χ0n) is 38.0. The molecule has 5 heteroatoms. The van der Waals surface area contributed by atoms with Crippen LogP contribution in [-0.2, 0) is 0 Å². The van der Waals surface area contributed by atoms with Crippen molar-refractivity contribution in [3.8, 4) is 45.1 Å². The third-order valence-corrected chi connectivity index (χ3v) is 14.0. The third-order valence-electron chi connectivity index (χ3n) is 14.0. The van der Waals surface area contributed by atoms with Gasteiger partial charge in [-0.1, -0.05) is 127 Å². The Morgan fingerprint density at radius 3 is 1.29 bits per heavy atom. The van der Waals surface area contributed by atoms with E-state index in [9.17, 15) is 0 Å². The molecular formula is C61H53FN2O2. The molecule has 10 aromatic rings. The van der Waals surface area contributed by atoms with Crippen LogP contribution in [0, 0.1) is 32.6 Å². The Morgan fingerprint density at radius 2 is 0.848 bits per heavy atom. The summed E-state index contributed by atoms with van der Waals surface area (Å²) in [5.41, 5.74) is 15.0. The molecule has 0 saturated heterocycles. The summed E-state index contributed by atoms with van der Waals surface area (Å²) in [4.78, 5) is 0. The Hall–Kier alpha value is -7.37. The molecule has 1 aliphatic rings. The van der Waals surface area contributed by atoms with Crippen molar-refractivity contribution < 1.29 is 13.9 Å². The van der Waals surface area contributed by atoms with Crippen LogP contribution in [0.5, 0.6) is 11.5 Å². The minimum atomic E-state index is -1.15. The Balaban J connectivity index is 0.881. The summed E-state index contributed by atoms with van der Waals surface area (Å²) >= 11 is 0. The number of hydrogen-bond donors (Lipinski definition) is 0. The highest BCUT2D eigenvalue weighted by atomic mass is 19.1. The Kier molecular flexibility index (Phi) is 10.8. The molecule has 66 heavy (non-hydrogen) atoms. The molecule has 0 aliphatic heterocycles. The first-order valence-corrected chi connectivity index (χ1v) is 23.3. The van der Waals surface area contributed by atoms with Crippen molar-refractivity contribution in [1.29, 1.82) is 0 Å². The number of aryl methyl sites for hydroxylation is 1. The predicted octanol–water partition coefficient (Wildman–Crippen LogP) is 16.2. The van der Waals surface area contributed by atoms with E-state index in [1.165, 1.54) is 55.0 Å². The van der Waals surface area contributed by atoms with Gasteiger partial charge < -0.3 is 18.6 Å². The molecule has 8 aromatic carbocycles. The Labute approximate surface area is 386 Å². The van der Waals surface area contributed by atoms with Gasteiger partial charge in [0.1, 0.15) is 17.7 Å². The van der Waals surface area contributed by atoms with Crippen LogP contribution in [0.25, 0.3) is 77.2 Å². The van der Waals surface area contributed by atoms with Gasteiger partial charge in [-0.2, -0.15) is 0 Å². The quantitative estimate of drug-likeness (QED) is 0.121. The van der Waals surface area contributed by atoms with Gasteiger partial charge in [-0.3, -0.25) is 0 Å². The van der Waals surface area contributed by atoms with E-state index in [1.54, 1.807) is 6.92 Å². The average molecular weight is 865 g/mol. The standard InChI is InChI=1S/C61H53FN2O2/c1-39-33-52(40(2)58(34-39)63-54-27-13-7-21-46(54)47-22-8-14-28-55(47)63)50-25-11-17-31-60(50)65-37-43-19-5-6-20-44(43)38-66-61-32-18-12-26-51(61)53-35-45(42(4)62)36-59(41(53)3)64-56-29-15-9-23-48(56)49-24-10-16-30-57(49)64/h5-18,21-36,42-44H,19-20,37-38H2,1-4H3. The number of nitrogens with zero attached hydrogens (tertiary/aromatic N) is 2. The lowest BCUT2D eigenvalue weighted by molar-refractivity contribution is 0.139. The van der Waals surface area contributed by atoms with Crippen LogP contribution in [0.15, 0.2) is 182 Å². The zero-order chi connectivity index (χ0) is 44.9. The molecule has 1 aliphatic carbocycles. The normalized spacial score (nSPS) is 15.5. The molecule has 2 aromatic heterocycles. The van der Waals surface area contributed by atoms with Gasteiger partial charge in [-0.05, 0) is 129 Å². The fraction of sp³-hybridized carbons (Fsp3) is 0.180. The molecule has 4 nitrogen and oxygen atoms in total. The predicted molar refractivity (Wildman–Crippen MR) is 273 cm³/mol. The number of fused-ring (bicyclic) bond motifs is 6. The molecule has 0 bridgehead atoms. The summed E-state index contributed by atoms with van der Waals surface area (Å²) in [5, 5.41) is 4.86. The maximum atomic E-state index is 15.5. The molecule has 3 atom stereocenters. The first-order valence-electron chi connectivity index (χ1n) is 23.3. The van der Waals surface area contributed by atoms with Gasteiger partial charge in [0.15, 0.2) is 0 Å². The van der Waals surface area contributed by atoms with Gasteiger partial charge in [0.25, 0.3) is 0 Å². The number of hydrogen-bond acceptors (Lipinski definition) is 2. The van der Waals surface area contributed by atoms with E-state index in [0.717, 1.165) is 63.3 Å². The third kappa shape index (κ3) is 7.24. The number of aromatic nitrogens is 2. The molecule has 326 valence electrons. The lowest BCUT2D eigenvalue weighted by Gasteiger charge is -2.29. The molecule has 0 radical (unpaired) electrons. The van der Waals surface area contributed by atoms with Crippen molar-refractivity contribution in [2.45, 2.75) is 46.7 Å². The number of benzene rings is 8. The molecule has 11 rings (SSSR count). The highest BCUT2D eigenvalue weighted by Gasteiger charge is 2.27. The first kappa shape index (κ1) is 41.3. The lowest BCUT2D eigenvalue weighted by Crippen LogP contribution is -2.28. The number of halogens is 1. The van der Waals surface area contributed by atoms with Gasteiger partial charge in [0, 0.05) is 50.2 Å². The van der Waals surface area contributed by atoms with Gasteiger partial charge in [0.2, 0.25) is 0 Å². The fourth-order valence-corrected chi connectivity index (χ4v) is 10.5. The van der Waals surface area contributed by atoms with Crippen molar-refractivity contribution in [3.63, 3.8) is 0 Å². The van der Waals surface area contributed by atoms with Crippen LogP contribution in [0.4, 0.5) is 4.39 Å². The maximum absolute atomic E-state index is 15.5. The summed E-state index contributed by atoms with van der Waals surface area (Å²) < 4.78 is 34.0. The molecule has 0 spiro atoms. The minimum Gasteiger partial charge on any atom is -0.493 e. The van der Waals surface area contributed by atoms with Crippen LogP contribution in [0.1, 0.15) is 48.2 Å². The SMILES string of the molecule is Cc1cc(-c2ccccc2OCC2CC=CCC2COc2ccccc2-c2cc(C(C)F)cc(-n3c4ccccc4c4ccccc43)c2C)c(C)c(-n2c3ccccc3c3ccccc32)c1. The van der Waals surface area contributed by atoms with Crippen LogP contribution in [0.3, 0.4) is 0 Å². The molecule has 0 N–H and O–H groups in total. The van der Waals surface area contributed by atoms with E-state index in [0.29, 0.717) is 18.8 Å². The van der Waals surface area contributed by atoms with E-state index in [1.807, 2.05) is 24.3 Å². The van der Waals surface area contributed by atoms with Crippen molar-refractivity contribution in [1.82, 2.24) is 9.13 Å². The summed E-state index contributed by atoms with van der Waals surface area (Å²) in [6, 6.07) is 59.7. The lowest BCUT2D eigenvalue weighted by atomic mass is 9.84. The second-order valence-electron chi connectivity index (χ2n) is 18.1. The van der Waals surface area contributed by atoms with Gasteiger partial charge >= 0.3 is 0 Å². The van der Waals surface area contributed by atoms with Gasteiger partial charge in [-0.25, -0.2) is 4.39 Å². The number of ether oxygens (including phenoxy) is 2. The van der Waals surface area contributed by atoms with E-state index in [4.69, 9.17) is 9.47 Å². The second-order valence-corrected chi connectivity index (χ2v) is 18.1. The number of allylic oxidation sites excluding steroid dienone is 2. The summed E-state index contributed by atoms with van der Waals surface area (Å²) in [7, 11) is 0. The minimum absolute atomic E-state index is 0.240. The maximum Gasteiger partial charge on any atom is 0.127 e. The van der Waals surface area contributed by atoms with Crippen LogP contribution in [-0.4, -0.2) is 22.3 Å². The van der Waals surface area contributed by atoms with Gasteiger partial charge in [-0.15, -0.1) is 0 Å². The molecule has 0 amide bonds. The van der Waals surface area contributed by atoms with E-state index in [2.05, 4.69) is 188 Å². The topological polar surface area (TPSA) is 28.3 Å². The summed E-state index contributed by atoms with van der Waals surface area (Å²) in [5.74, 6) is 2.17. The molecule has 2 heterocycles. The van der Waals surface area contributed by atoms with E-state index < -0.39 is 6.17 Å². The van der Waals surface area contributed by atoms with Crippen molar-refractivity contribution >= 4 is 43.6 Å². The number of para-hydroxylation sites is 6. The van der Waals surface area contributed by atoms with Crippen molar-refractivity contribution in [3.05, 3.63) is 204 Å². The van der Waals surface area contributed by atoms with E-state index in [-0.39, 0.29) is 11.8 Å². The van der Waals surface area contributed by atoms with Crippen molar-refractivity contribution in [2.75, 3.05) is 13.2 Å². The molecule has 0 fully saturated rings. The molecule has 0 saturated carbocycles. The largest absolute Gasteiger partial charge is 0.493 e. The molecule has 3 unspecified atom stereocenters. The van der Waals surface area contributed by atoms with Crippen LogP contribution < -0.4 is 9.47 Å². The first-order chi connectivity index (χ1) is 32.3. The number of rotatable bonds is 11. The fourth-order valence-electron chi connectivity index (χ4n) is 10.5. The van der Waals surface area contributed by atoms with Crippen LogP contribution >= 0.6 is 0 Å². The van der Waals surface area contributed by atoms with E-state index >= 15 is 4.39 Å². The Bertz CT molecular complexity index is 3370. The van der Waals surface area contributed by atoms with Gasteiger partial charge in [0.05, 0.1) is 41.0 Å². The average Bonchev–Trinajstić information content (AvgIpc) is 3.87. The Morgan fingerprint density at radius 1 is 0.470 bits per heavy atom. The highest BCUT2D eigenvalue weighted by Crippen LogP contribution is 2.43. The molecular weight excluding hydrogens is 812 g/mol. The summed E-state index contributed by atoms with van der Waals surface area (Å²) in [6.07, 6.45) is 5.24. The second kappa shape index (κ2) is 17.2. The smallest absolute Gasteiger partial charge is 0.127 e. The van der Waals surface area contributed by atoms with Crippen molar-refractivity contribution in [2.24, 2.45) is 11.8 Å². The van der Waals surface area contributed by atoms with Crippen LogP contribution in [0.2, 0.25) is 0 Å². The summed E-state index contributed by atoms with van der Waals surface area (Å²) in [6.45, 7) is 9.30. The zero-order valence-corrected chi connectivity index (χ0v) is 38.0. The number of alkyl halides is 1. The highest BCUT2D eigenvalue weighted by molar-refractivity contribution is 6.10. The monoisotopic (exact) mass is 864 g/mol.